The molecule has 7 heteroatoms. The van der Waals surface area contributed by atoms with Crippen molar-refractivity contribution in [1.82, 2.24) is 9.78 Å². The summed E-state index contributed by atoms with van der Waals surface area (Å²) in [5.41, 5.74) is 0.413. The van der Waals surface area contributed by atoms with Crippen molar-refractivity contribution in [3.63, 3.8) is 0 Å². The van der Waals surface area contributed by atoms with Crippen molar-refractivity contribution in [1.29, 1.82) is 0 Å². The Hall–Kier alpha value is -1.92. The van der Waals surface area contributed by atoms with Gasteiger partial charge in [-0.15, -0.1) is 0 Å². The van der Waals surface area contributed by atoms with E-state index in [-0.39, 0.29) is 5.82 Å². The molecular weight excluding hydrogens is 202 g/mol. The SMILES string of the molecule is COC(=O)C(C)n1cc(C)c([N+](=O)[O-])n1. The molecule has 0 N–H and O–H groups in total. The zero-order valence-corrected chi connectivity index (χ0v) is 8.63. The van der Waals surface area contributed by atoms with Crippen LogP contribution < -0.4 is 0 Å². The van der Waals surface area contributed by atoms with Crippen LogP contribution >= 0.6 is 0 Å². The molecule has 7 nitrogen and oxygen atoms in total. The van der Waals surface area contributed by atoms with Gasteiger partial charge in [-0.1, -0.05) is 0 Å². The maximum absolute atomic E-state index is 11.1. The lowest BCUT2D eigenvalue weighted by molar-refractivity contribution is -0.390. The summed E-state index contributed by atoms with van der Waals surface area (Å²) in [5.74, 6) is -0.738. The number of hydrogen-bond acceptors (Lipinski definition) is 5. The topological polar surface area (TPSA) is 87.3 Å². The van der Waals surface area contributed by atoms with Crippen molar-refractivity contribution in [2.75, 3.05) is 7.11 Å². The van der Waals surface area contributed by atoms with Crippen LogP contribution in [-0.2, 0) is 9.53 Å². The molecule has 0 fully saturated rings. The Morgan fingerprint density at radius 3 is 2.73 bits per heavy atom. The minimum atomic E-state index is -0.664. The van der Waals surface area contributed by atoms with E-state index in [4.69, 9.17) is 0 Å². The van der Waals surface area contributed by atoms with Crippen molar-refractivity contribution in [2.24, 2.45) is 0 Å². The molecule has 1 aromatic heterocycles. The van der Waals surface area contributed by atoms with Gasteiger partial charge in [-0.2, -0.15) is 4.68 Å². The van der Waals surface area contributed by atoms with Crippen LogP contribution in [0.1, 0.15) is 18.5 Å². The van der Waals surface area contributed by atoms with Crippen LogP contribution in [-0.4, -0.2) is 27.8 Å². The fraction of sp³-hybridized carbons (Fsp3) is 0.500. The fourth-order valence-corrected chi connectivity index (χ4v) is 1.13. The standard InChI is InChI=1S/C8H11N3O4/c1-5-4-10(6(2)8(12)15-3)9-7(5)11(13)14/h4,6H,1-3H3. The molecule has 1 unspecified atom stereocenters. The van der Waals surface area contributed by atoms with E-state index in [0.29, 0.717) is 5.56 Å². The third-order valence-corrected chi connectivity index (χ3v) is 2.00. The molecule has 0 aliphatic carbocycles. The molecule has 1 aromatic rings. The molecule has 15 heavy (non-hydrogen) atoms. The maximum atomic E-state index is 11.1. The average molecular weight is 213 g/mol. The minimum absolute atomic E-state index is 0.245. The van der Waals surface area contributed by atoms with Crippen LogP contribution in [0.4, 0.5) is 5.82 Å². The quantitative estimate of drug-likeness (QED) is 0.421. The molecule has 1 rings (SSSR count). The molecule has 0 amide bonds. The van der Waals surface area contributed by atoms with Crippen molar-refractivity contribution in [2.45, 2.75) is 19.9 Å². The summed E-state index contributed by atoms with van der Waals surface area (Å²) in [5, 5.41) is 14.2. The second-order valence-electron chi connectivity index (χ2n) is 3.07. The van der Waals surface area contributed by atoms with Gasteiger partial charge in [0.2, 0.25) is 0 Å². The molecule has 0 saturated heterocycles. The van der Waals surface area contributed by atoms with Gasteiger partial charge in [0.15, 0.2) is 6.04 Å². The summed E-state index contributed by atoms with van der Waals surface area (Å²) in [6.07, 6.45) is 1.44. The van der Waals surface area contributed by atoms with E-state index in [1.165, 1.54) is 18.0 Å². The first-order valence-corrected chi connectivity index (χ1v) is 4.25. The molecule has 0 saturated carbocycles. The lowest BCUT2D eigenvalue weighted by atomic mass is 10.3. The van der Waals surface area contributed by atoms with E-state index in [1.54, 1.807) is 13.8 Å². The second kappa shape index (κ2) is 4.07. The number of carbonyl (C=O) groups excluding carboxylic acids is 1. The monoisotopic (exact) mass is 213 g/mol. The normalized spacial score (nSPS) is 12.2. The number of nitro groups is 1. The van der Waals surface area contributed by atoms with Crippen molar-refractivity contribution >= 4 is 11.8 Å². The zero-order valence-electron chi connectivity index (χ0n) is 8.63. The van der Waals surface area contributed by atoms with Crippen LogP contribution in [0.25, 0.3) is 0 Å². The third kappa shape index (κ3) is 2.12. The molecule has 0 spiro atoms. The summed E-state index contributed by atoms with van der Waals surface area (Å²) < 4.78 is 5.73. The highest BCUT2D eigenvalue weighted by Crippen LogP contribution is 2.17. The van der Waals surface area contributed by atoms with Gasteiger partial charge in [0.1, 0.15) is 0 Å². The van der Waals surface area contributed by atoms with E-state index in [1.807, 2.05) is 0 Å². The van der Waals surface area contributed by atoms with E-state index in [2.05, 4.69) is 9.84 Å². The Balaban J connectivity index is 3.02. The van der Waals surface area contributed by atoms with Crippen LogP contribution in [0.3, 0.4) is 0 Å². The largest absolute Gasteiger partial charge is 0.467 e. The number of aryl methyl sites for hydroxylation is 1. The van der Waals surface area contributed by atoms with Gasteiger partial charge in [0, 0.05) is 0 Å². The lowest BCUT2D eigenvalue weighted by Crippen LogP contribution is -2.18. The highest BCUT2D eigenvalue weighted by Gasteiger charge is 2.24. The van der Waals surface area contributed by atoms with Crippen LogP contribution in [0.2, 0.25) is 0 Å². The van der Waals surface area contributed by atoms with Gasteiger partial charge in [-0.3, -0.25) is 0 Å². The number of aromatic nitrogens is 2. The van der Waals surface area contributed by atoms with Crippen LogP contribution in [0.5, 0.6) is 0 Å². The van der Waals surface area contributed by atoms with Crippen molar-refractivity contribution in [3.05, 3.63) is 21.9 Å². The maximum Gasteiger partial charge on any atom is 0.392 e. The van der Waals surface area contributed by atoms with Crippen molar-refractivity contribution < 1.29 is 14.5 Å². The molecule has 0 aromatic carbocycles. The summed E-state index contributed by atoms with van der Waals surface area (Å²) in [6.45, 7) is 3.12. The molecular formula is C8H11N3O4. The highest BCUT2D eigenvalue weighted by molar-refractivity contribution is 5.73. The molecule has 82 valence electrons. The molecule has 1 atom stereocenters. The predicted molar refractivity (Wildman–Crippen MR) is 50.3 cm³/mol. The van der Waals surface area contributed by atoms with Gasteiger partial charge in [0.25, 0.3) is 0 Å². The fourth-order valence-electron chi connectivity index (χ4n) is 1.13. The van der Waals surface area contributed by atoms with Crippen LogP contribution in [0.15, 0.2) is 6.20 Å². The Labute approximate surface area is 85.8 Å². The molecule has 0 radical (unpaired) electrons. The van der Waals surface area contributed by atoms with E-state index < -0.39 is 16.9 Å². The van der Waals surface area contributed by atoms with Crippen LogP contribution in [0, 0.1) is 17.0 Å². The predicted octanol–water partition coefficient (Wildman–Crippen LogP) is 0.834. The van der Waals surface area contributed by atoms with Gasteiger partial charge in [0.05, 0.1) is 24.0 Å². The molecule has 0 aliphatic heterocycles. The summed E-state index contributed by atoms with van der Waals surface area (Å²) in [6, 6.07) is -0.664. The summed E-state index contributed by atoms with van der Waals surface area (Å²) >= 11 is 0. The minimum Gasteiger partial charge on any atom is -0.467 e. The molecule has 1 heterocycles. The Kier molecular flexibility index (Phi) is 3.03. The number of methoxy groups -OCH3 is 1. The molecule has 0 bridgehead atoms. The number of nitrogens with zero attached hydrogens (tertiary/aromatic N) is 3. The van der Waals surface area contributed by atoms with E-state index in [9.17, 15) is 14.9 Å². The van der Waals surface area contributed by atoms with E-state index >= 15 is 0 Å². The molecule has 0 aliphatic rings. The van der Waals surface area contributed by atoms with E-state index in [0.717, 1.165) is 0 Å². The highest BCUT2D eigenvalue weighted by atomic mass is 16.6. The Morgan fingerprint density at radius 1 is 1.73 bits per heavy atom. The second-order valence-corrected chi connectivity index (χ2v) is 3.07. The first kappa shape index (κ1) is 11.2. The number of ether oxygens (including phenoxy) is 1. The Morgan fingerprint density at radius 2 is 2.33 bits per heavy atom. The average Bonchev–Trinajstić information content (AvgIpc) is 2.58. The Bertz CT molecular complexity index is 399. The van der Waals surface area contributed by atoms with Gasteiger partial charge >= 0.3 is 11.8 Å². The van der Waals surface area contributed by atoms with Gasteiger partial charge < -0.3 is 14.9 Å². The zero-order chi connectivity index (χ0) is 11.6. The van der Waals surface area contributed by atoms with Crippen molar-refractivity contribution in [3.8, 4) is 0 Å². The first-order valence-electron chi connectivity index (χ1n) is 4.25. The number of esters is 1. The first-order chi connectivity index (χ1) is 6.97. The van der Waals surface area contributed by atoms with Gasteiger partial charge in [-0.05, 0) is 18.8 Å². The number of hydrogen-bond donors (Lipinski definition) is 0. The number of carbonyl (C=O) groups is 1. The third-order valence-electron chi connectivity index (χ3n) is 2.00. The number of rotatable bonds is 3. The lowest BCUT2D eigenvalue weighted by Gasteiger charge is -2.04. The summed E-state index contributed by atoms with van der Waals surface area (Å²) in [7, 11) is 1.25. The van der Waals surface area contributed by atoms with Gasteiger partial charge in [-0.25, -0.2) is 4.79 Å². The smallest absolute Gasteiger partial charge is 0.392 e. The summed E-state index contributed by atoms with van der Waals surface area (Å²) in [4.78, 5) is 21.1.